The van der Waals surface area contributed by atoms with Gasteiger partial charge >= 0.3 is 0 Å². The van der Waals surface area contributed by atoms with Crippen LogP contribution in [-0.4, -0.2) is 33.7 Å². The highest BCUT2D eigenvalue weighted by atomic mass is 35.5. The van der Waals surface area contributed by atoms with Gasteiger partial charge in [-0.1, -0.05) is 60.6 Å². The van der Waals surface area contributed by atoms with E-state index >= 15 is 0 Å². The first-order valence-electron chi connectivity index (χ1n) is 11.5. The van der Waals surface area contributed by atoms with E-state index in [1.54, 1.807) is 59.2 Å². The lowest BCUT2D eigenvalue weighted by molar-refractivity contribution is -0.113. The van der Waals surface area contributed by atoms with Crippen molar-refractivity contribution in [2.75, 3.05) is 17.6 Å². The van der Waals surface area contributed by atoms with Gasteiger partial charge in [0.15, 0.2) is 5.16 Å². The Morgan fingerprint density at radius 3 is 2.56 bits per heavy atom. The quantitative estimate of drug-likeness (QED) is 0.240. The van der Waals surface area contributed by atoms with Crippen LogP contribution in [0.3, 0.4) is 0 Å². The first kappa shape index (κ1) is 25.5. The molecule has 1 aromatic heterocycles. The molecule has 3 aromatic carbocycles. The predicted molar refractivity (Wildman–Crippen MR) is 145 cm³/mol. The summed E-state index contributed by atoms with van der Waals surface area (Å²) in [5, 5.41) is 7.12. The van der Waals surface area contributed by atoms with Gasteiger partial charge in [-0.05, 0) is 54.4 Å². The zero-order valence-corrected chi connectivity index (χ0v) is 21.2. The lowest BCUT2D eigenvalue weighted by Gasteiger charge is -2.14. The summed E-state index contributed by atoms with van der Waals surface area (Å²) in [5.74, 6) is -0.304. The SMILES string of the molecule is CCCNC(=O)c1ccc(Cn2c(SCC(=O)Nc3cccc(Cl)c3)nc3ccccc3c2=O)cc1. The number of thioether (sulfide) groups is 1. The topological polar surface area (TPSA) is 93.1 Å². The fourth-order valence-corrected chi connectivity index (χ4v) is 4.56. The summed E-state index contributed by atoms with van der Waals surface area (Å²) < 4.78 is 1.56. The molecule has 0 bridgehead atoms. The first-order chi connectivity index (χ1) is 17.4. The largest absolute Gasteiger partial charge is 0.352 e. The van der Waals surface area contributed by atoms with E-state index in [1.807, 2.05) is 25.1 Å². The molecule has 0 spiro atoms. The Bertz CT molecular complexity index is 1450. The van der Waals surface area contributed by atoms with E-state index in [2.05, 4.69) is 15.6 Å². The van der Waals surface area contributed by atoms with Gasteiger partial charge in [0.25, 0.3) is 11.5 Å². The second-order valence-electron chi connectivity index (χ2n) is 8.10. The Balaban J connectivity index is 1.56. The Morgan fingerprint density at radius 2 is 1.81 bits per heavy atom. The molecule has 0 radical (unpaired) electrons. The van der Waals surface area contributed by atoms with Gasteiger partial charge in [-0.3, -0.25) is 19.0 Å². The highest BCUT2D eigenvalue weighted by molar-refractivity contribution is 7.99. The molecule has 0 aliphatic carbocycles. The van der Waals surface area contributed by atoms with Crippen molar-refractivity contribution in [1.29, 1.82) is 0 Å². The number of benzene rings is 3. The maximum Gasteiger partial charge on any atom is 0.262 e. The van der Waals surface area contributed by atoms with Crippen LogP contribution in [0.25, 0.3) is 10.9 Å². The molecule has 4 aromatic rings. The summed E-state index contributed by atoms with van der Waals surface area (Å²) in [4.78, 5) is 42.8. The van der Waals surface area contributed by atoms with Crippen LogP contribution in [0.4, 0.5) is 5.69 Å². The molecule has 4 rings (SSSR count). The van der Waals surface area contributed by atoms with Crippen molar-refractivity contribution >= 4 is 51.8 Å². The van der Waals surface area contributed by atoms with Crippen LogP contribution in [0, 0.1) is 0 Å². The molecule has 0 saturated carbocycles. The summed E-state index contributed by atoms with van der Waals surface area (Å²) in [6.07, 6.45) is 0.860. The van der Waals surface area contributed by atoms with Crippen molar-refractivity contribution in [1.82, 2.24) is 14.9 Å². The molecule has 0 saturated heterocycles. The molecular weight excluding hydrogens is 496 g/mol. The number of carbonyl (C=O) groups excluding carboxylic acids is 2. The number of amides is 2. The summed E-state index contributed by atoms with van der Waals surface area (Å²) >= 11 is 7.18. The number of fused-ring (bicyclic) bond motifs is 1. The number of nitrogens with one attached hydrogen (secondary N) is 2. The van der Waals surface area contributed by atoms with E-state index in [1.165, 1.54) is 11.8 Å². The van der Waals surface area contributed by atoms with Gasteiger partial charge in [0.05, 0.1) is 23.2 Å². The average molecular weight is 521 g/mol. The molecule has 0 atom stereocenters. The number of carbonyl (C=O) groups is 2. The summed E-state index contributed by atoms with van der Waals surface area (Å²) in [6, 6.07) is 21.2. The average Bonchev–Trinajstić information content (AvgIpc) is 2.88. The predicted octanol–water partition coefficient (Wildman–Crippen LogP) is 4.97. The fraction of sp³-hybridized carbons (Fsp3) is 0.185. The number of rotatable bonds is 9. The molecule has 7 nitrogen and oxygen atoms in total. The Morgan fingerprint density at radius 1 is 1.03 bits per heavy atom. The van der Waals surface area contributed by atoms with Crippen molar-refractivity contribution in [2.24, 2.45) is 0 Å². The van der Waals surface area contributed by atoms with Gasteiger partial charge in [-0.15, -0.1) is 0 Å². The highest BCUT2D eigenvalue weighted by Gasteiger charge is 2.14. The van der Waals surface area contributed by atoms with Crippen LogP contribution in [0.1, 0.15) is 29.3 Å². The summed E-state index contributed by atoms with van der Waals surface area (Å²) in [6.45, 7) is 2.87. The Kier molecular flexibility index (Phi) is 8.40. The van der Waals surface area contributed by atoms with E-state index in [0.29, 0.717) is 38.9 Å². The maximum atomic E-state index is 13.4. The van der Waals surface area contributed by atoms with Crippen molar-refractivity contribution in [2.45, 2.75) is 25.0 Å². The normalized spacial score (nSPS) is 10.8. The first-order valence-corrected chi connectivity index (χ1v) is 12.9. The fourth-order valence-electron chi connectivity index (χ4n) is 3.58. The van der Waals surface area contributed by atoms with E-state index < -0.39 is 0 Å². The van der Waals surface area contributed by atoms with Crippen molar-refractivity contribution in [3.8, 4) is 0 Å². The van der Waals surface area contributed by atoms with Gasteiger partial charge in [0.2, 0.25) is 5.91 Å². The third-order valence-corrected chi connectivity index (χ3v) is 6.57. The van der Waals surface area contributed by atoms with Crippen molar-refractivity contribution in [3.05, 3.63) is 99.3 Å². The van der Waals surface area contributed by atoms with E-state index in [-0.39, 0.29) is 29.7 Å². The van der Waals surface area contributed by atoms with Crippen LogP contribution in [0.2, 0.25) is 5.02 Å². The second kappa shape index (κ2) is 11.9. The molecular formula is C27H25ClN4O3S. The molecule has 0 fully saturated rings. The Labute approximate surface area is 217 Å². The summed E-state index contributed by atoms with van der Waals surface area (Å²) in [5.41, 5.74) is 2.37. The van der Waals surface area contributed by atoms with Crippen LogP contribution in [0.5, 0.6) is 0 Å². The van der Waals surface area contributed by atoms with Gasteiger partial charge in [-0.2, -0.15) is 0 Å². The van der Waals surface area contributed by atoms with Crippen LogP contribution in [0.15, 0.2) is 82.7 Å². The number of para-hydroxylation sites is 1. The smallest absolute Gasteiger partial charge is 0.262 e. The number of halogens is 1. The monoisotopic (exact) mass is 520 g/mol. The van der Waals surface area contributed by atoms with Crippen LogP contribution in [-0.2, 0) is 11.3 Å². The van der Waals surface area contributed by atoms with Gasteiger partial charge < -0.3 is 10.6 Å². The van der Waals surface area contributed by atoms with Crippen LogP contribution < -0.4 is 16.2 Å². The number of hydrogen-bond donors (Lipinski definition) is 2. The minimum atomic E-state index is -0.237. The lowest BCUT2D eigenvalue weighted by Crippen LogP contribution is -2.25. The number of hydrogen-bond acceptors (Lipinski definition) is 5. The maximum absolute atomic E-state index is 13.4. The molecule has 9 heteroatoms. The van der Waals surface area contributed by atoms with Crippen molar-refractivity contribution < 1.29 is 9.59 Å². The standard InChI is InChI=1S/C27H25ClN4O3S/c1-2-14-29-25(34)19-12-10-18(11-13-19)16-32-26(35)22-8-3-4-9-23(22)31-27(32)36-17-24(33)30-21-7-5-6-20(28)15-21/h3-13,15H,2,14,16-17H2,1H3,(H,29,34)(H,30,33). The number of aromatic nitrogens is 2. The second-order valence-corrected chi connectivity index (χ2v) is 9.48. The minimum Gasteiger partial charge on any atom is -0.352 e. The lowest BCUT2D eigenvalue weighted by atomic mass is 10.1. The number of nitrogens with zero attached hydrogens (tertiary/aromatic N) is 2. The third-order valence-electron chi connectivity index (χ3n) is 5.36. The van der Waals surface area contributed by atoms with Gasteiger partial charge in [-0.25, -0.2) is 4.98 Å². The highest BCUT2D eigenvalue weighted by Crippen LogP contribution is 2.21. The molecule has 184 valence electrons. The Hall–Kier alpha value is -3.62. The molecule has 1 heterocycles. The third kappa shape index (κ3) is 6.33. The van der Waals surface area contributed by atoms with Crippen LogP contribution >= 0.6 is 23.4 Å². The van der Waals surface area contributed by atoms with Crippen molar-refractivity contribution in [3.63, 3.8) is 0 Å². The molecule has 2 amide bonds. The minimum absolute atomic E-state index is 0.0633. The zero-order chi connectivity index (χ0) is 25.5. The van der Waals surface area contributed by atoms with Gasteiger partial charge in [0, 0.05) is 22.8 Å². The van der Waals surface area contributed by atoms with E-state index in [0.717, 1.165) is 12.0 Å². The van der Waals surface area contributed by atoms with E-state index in [4.69, 9.17) is 11.6 Å². The zero-order valence-electron chi connectivity index (χ0n) is 19.7. The molecule has 0 aliphatic rings. The summed E-state index contributed by atoms with van der Waals surface area (Å²) in [7, 11) is 0. The molecule has 0 unspecified atom stereocenters. The molecule has 2 N–H and O–H groups in total. The van der Waals surface area contributed by atoms with E-state index in [9.17, 15) is 14.4 Å². The van der Waals surface area contributed by atoms with Gasteiger partial charge in [0.1, 0.15) is 0 Å². The number of anilines is 1. The molecule has 0 aliphatic heterocycles. The molecule has 36 heavy (non-hydrogen) atoms.